The zero-order valence-corrected chi connectivity index (χ0v) is 11.9. The van der Waals surface area contributed by atoms with Crippen LogP contribution in [0.1, 0.15) is 58.3 Å². The number of hydrogen-bond donors (Lipinski definition) is 1. The second-order valence-electron chi connectivity index (χ2n) is 6.45. The maximum absolute atomic E-state index is 12.6. The molecule has 1 amide bonds. The summed E-state index contributed by atoms with van der Waals surface area (Å²) in [6.07, 6.45) is 7.54. The molecule has 2 fully saturated rings. The van der Waals surface area contributed by atoms with Crippen molar-refractivity contribution in [2.75, 3.05) is 13.1 Å². The summed E-state index contributed by atoms with van der Waals surface area (Å²) in [7, 11) is 0. The SMILES string of the molecule is CC1(C(=O)N2CCC(CC(=O)O)CC2)CCCCC1. The monoisotopic (exact) mass is 267 g/mol. The van der Waals surface area contributed by atoms with Gasteiger partial charge in [0.1, 0.15) is 0 Å². The summed E-state index contributed by atoms with van der Waals surface area (Å²) in [5.41, 5.74) is -0.155. The van der Waals surface area contributed by atoms with Crippen molar-refractivity contribution in [2.45, 2.75) is 58.3 Å². The van der Waals surface area contributed by atoms with E-state index < -0.39 is 5.97 Å². The number of nitrogens with zero attached hydrogens (tertiary/aromatic N) is 1. The number of carboxylic acids is 1. The minimum absolute atomic E-state index is 0.155. The molecule has 1 aliphatic heterocycles. The number of carbonyl (C=O) groups excluding carboxylic acids is 1. The van der Waals surface area contributed by atoms with Gasteiger partial charge in [-0.05, 0) is 31.6 Å². The summed E-state index contributed by atoms with van der Waals surface area (Å²) in [6.45, 7) is 3.59. The first-order valence-electron chi connectivity index (χ1n) is 7.52. The smallest absolute Gasteiger partial charge is 0.303 e. The van der Waals surface area contributed by atoms with Gasteiger partial charge in [0.25, 0.3) is 0 Å². The number of rotatable bonds is 3. The highest BCUT2D eigenvalue weighted by molar-refractivity contribution is 5.82. The van der Waals surface area contributed by atoms with Gasteiger partial charge in [-0.3, -0.25) is 9.59 Å². The standard InChI is InChI=1S/C15H25NO3/c1-15(7-3-2-4-8-15)14(19)16-9-5-12(6-10-16)11-13(17)18/h12H,2-11H2,1H3,(H,17,18). The number of carbonyl (C=O) groups is 2. The number of hydrogen-bond acceptors (Lipinski definition) is 2. The van der Waals surface area contributed by atoms with Crippen molar-refractivity contribution < 1.29 is 14.7 Å². The van der Waals surface area contributed by atoms with E-state index in [0.717, 1.165) is 51.6 Å². The predicted octanol–water partition coefficient (Wildman–Crippen LogP) is 2.67. The molecule has 0 radical (unpaired) electrons. The molecule has 0 spiro atoms. The van der Waals surface area contributed by atoms with Gasteiger partial charge in [0.2, 0.25) is 5.91 Å². The van der Waals surface area contributed by atoms with Crippen LogP contribution >= 0.6 is 0 Å². The van der Waals surface area contributed by atoms with Crippen molar-refractivity contribution >= 4 is 11.9 Å². The van der Waals surface area contributed by atoms with Crippen LogP contribution < -0.4 is 0 Å². The molecule has 1 saturated carbocycles. The lowest BCUT2D eigenvalue weighted by Crippen LogP contribution is -2.47. The zero-order valence-electron chi connectivity index (χ0n) is 11.9. The Kier molecular flexibility index (Phi) is 4.48. The number of carboxylic acid groups (broad SMARTS) is 1. The molecular weight excluding hydrogens is 242 g/mol. The normalized spacial score (nSPS) is 24.2. The van der Waals surface area contributed by atoms with Gasteiger partial charge in [-0.25, -0.2) is 0 Å². The van der Waals surface area contributed by atoms with Gasteiger partial charge in [0.15, 0.2) is 0 Å². The molecule has 2 rings (SSSR count). The van der Waals surface area contributed by atoms with E-state index in [1.807, 2.05) is 4.90 Å². The lowest BCUT2D eigenvalue weighted by atomic mass is 9.74. The minimum atomic E-state index is -0.719. The van der Waals surface area contributed by atoms with E-state index in [1.54, 1.807) is 0 Å². The van der Waals surface area contributed by atoms with Crippen LogP contribution in [-0.4, -0.2) is 35.0 Å². The molecule has 0 aromatic rings. The quantitative estimate of drug-likeness (QED) is 0.855. The van der Waals surface area contributed by atoms with Crippen LogP contribution in [0.4, 0.5) is 0 Å². The number of likely N-dealkylation sites (tertiary alicyclic amines) is 1. The van der Waals surface area contributed by atoms with Crippen molar-refractivity contribution in [1.82, 2.24) is 4.90 Å². The summed E-state index contributed by atoms with van der Waals surface area (Å²) in [5.74, 6) is -0.161. The molecule has 0 bridgehead atoms. The van der Waals surface area contributed by atoms with Crippen molar-refractivity contribution in [3.05, 3.63) is 0 Å². The molecule has 0 aromatic heterocycles. The minimum Gasteiger partial charge on any atom is -0.481 e. The van der Waals surface area contributed by atoms with Gasteiger partial charge in [0, 0.05) is 24.9 Å². The van der Waals surface area contributed by atoms with Crippen molar-refractivity contribution in [2.24, 2.45) is 11.3 Å². The van der Waals surface area contributed by atoms with Crippen LogP contribution in [0.5, 0.6) is 0 Å². The fourth-order valence-corrected chi connectivity index (χ4v) is 3.51. The summed E-state index contributed by atoms with van der Waals surface area (Å²) in [5, 5.41) is 8.81. The fraction of sp³-hybridized carbons (Fsp3) is 0.867. The molecule has 19 heavy (non-hydrogen) atoms. The Morgan fingerprint density at radius 1 is 1.16 bits per heavy atom. The largest absolute Gasteiger partial charge is 0.481 e. The van der Waals surface area contributed by atoms with E-state index in [2.05, 4.69) is 6.92 Å². The molecule has 0 atom stereocenters. The Morgan fingerprint density at radius 3 is 2.26 bits per heavy atom. The van der Waals surface area contributed by atoms with E-state index in [1.165, 1.54) is 6.42 Å². The Labute approximate surface area is 115 Å². The molecule has 1 N–H and O–H groups in total. The molecule has 0 aromatic carbocycles. The summed E-state index contributed by atoms with van der Waals surface area (Å²) < 4.78 is 0. The topological polar surface area (TPSA) is 57.6 Å². The Bertz CT molecular complexity index is 339. The first kappa shape index (κ1) is 14.4. The van der Waals surface area contributed by atoms with Gasteiger partial charge in [0.05, 0.1) is 0 Å². The third kappa shape index (κ3) is 3.48. The molecule has 4 nitrogen and oxygen atoms in total. The first-order valence-corrected chi connectivity index (χ1v) is 7.52. The summed E-state index contributed by atoms with van der Waals surface area (Å²) >= 11 is 0. The number of piperidine rings is 1. The van der Waals surface area contributed by atoms with Crippen LogP contribution in [-0.2, 0) is 9.59 Å². The number of aliphatic carboxylic acids is 1. The molecular formula is C15H25NO3. The predicted molar refractivity (Wildman–Crippen MR) is 72.7 cm³/mol. The average molecular weight is 267 g/mol. The van der Waals surface area contributed by atoms with E-state index in [-0.39, 0.29) is 17.8 Å². The maximum Gasteiger partial charge on any atom is 0.303 e. The van der Waals surface area contributed by atoms with Crippen molar-refractivity contribution in [1.29, 1.82) is 0 Å². The van der Waals surface area contributed by atoms with Crippen LogP contribution in [0, 0.1) is 11.3 Å². The molecule has 1 aliphatic carbocycles. The third-order valence-electron chi connectivity index (χ3n) is 4.84. The lowest BCUT2D eigenvalue weighted by Gasteiger charge is -2.40. The van der Waals surface area contributed by atoms with Crippen LogP contribution in [0.3, 0.4) is 0 Å². The summed E-state index contributed by atoms with van der Waals surface area (Å²) in [4.78, 5) is 25.3. The highest BCUT2D eigenvalue weighted by atomic mass is 16.4. The van der Waals surface area contributed by atoms with Crippen LogP contribution in [0.2, 0.25) is 0 Å². The second kappa shape index (κ2) is 5.93. The van der Waals surface area contributed by atoms with Gasteiger partial charge in [-0.2, -0.15) is 0 Å². The zero-order chi connectivity index (χ0) is 13.9. The molecule has 4 heteroatoms. The second-order valence-corrected chi connectivity index (χ2v) is 6.45. The van der Waals surface area contributed by atoms with E-state index >= 15 is 0 Å². The van der Waals surface area contributed by atoms with E-state index in [0.29, 0.717) is 5.91 Å². The van der Waals surface area contributed by atoms with Crippen molar-refractivity contribution in [3.63, 3.8) is 0 Å². The Balaban J connectivity index is 1.86. The fourth-order valence-electron chi connectivity index (χ4n) is 3.51. The van der Waals surface area contributed by atoms with Crippen LogP contribution in [0.15, 0.2) is 0 Å². The third-order valence-corrected chi connectivity index (χ3v) is 4.84. The van der Waals surface area contributed by atoms with Gasteiger partial charge < -0.3 is 10.0 Å². The molecule has 1 heterocycles. The highest BCUT2D eigenvalue weighted by Gasteiger charge is 2.38. The molecule has 108 valence electrons. The van der Waals surface area contributed by atoms with E-state index in [4.69, 9.17) is 5.11 Å². The maximum atomic E-state index is 12.6. The molecule has 0 unspecified atom stereocenters. The van der Waals surface area contributed by atoms with Gasteiger partial charge in [-0.15, -0.1) is 0 Å². The van der Waals surface area contributed by atoms with E-state index in [9.17, 15) is 9.59 Å². The Morgan fingerprint density at radius 2 is 1.74 bits per heavy atom. The highest BCUT2D eigenvalue weighted by Crippen LogP contribution is 2.38. The number of amides is 1. The average Bonchev–Trinajstić information content (AvgIpc) is 2.39. The van der Waals surface area contributed by atoms with Crippen molar-refractivity contribution in [3.8, 4) is 0 Å². The Hall–Kier alpha value is -1.06. The first-order chi connectivity index (χ1) is 9.01. The molecule has 1 saturated heterocycles. The molecule has 2 aliphatic rings. The van der Waals surface area contributed by atoms with Gasteiger partial charge in [-0.1, -0.05) is 26.2 Å². The van der Waals surface area contributed by atoms with Gasteiger partial charge >= 0.3 is 5.97 Å². The summed E-state index contributed by atoms with van der Waals surface area (Å²) in [6, 6.07) is 0. The van der Waals surface area contributed by atoms with Crippen LogP contribution in [0.25, 0.3) is 0 Å². The lowest BCUT2D eigenvalue weighted by molar-refractivity contribution is -0.145.